The van der Waals surface area contributed by atoms with Crippen LogP contribution in [0.25, 0.3) is 6.08 Å². The van der Waals surface area contributed by atoms with E-state index in [1.54, 1.807) is 0 Å². The largest absolute Gasteiger partial charge is 0.338 e. The van der Waals surface area contributed by atoms with Gasteiger partial charge in [-0.1, -0.05) is 48.9 Å². The molecule has 110 valence electrons. The lowest BCUT2D eigenvalue weighted by molar-refractivity contribution is -0.229. The van der Waals surface area contributed by atoms with Crippen LogP contribution in [0.1, 0.15) is 38.2 Å². The molecule has 0 aromatic heterocycles. The van der Waals surface area contributed by atoms with E-state index in [2.05, 4.69) is 0 Å². The van der Waals surface area contributed by atoms with Crippen molar-refractivity contribution in [2.75, 3.05) is 0 Å². The molecule has 1 aliphatic carbocycles. The summed E-state index contributed by atoms with van der Waals surface area (Å²) in [6, 6.07) is 10.1. The molecule has 1 spiro atoms. The van der Waals surface area contributed by atoms with Crippen LogP contribution in [0.15, 0.2) is 36.4 Å². The molecule has 1 aromatic carbocycles. The van der Waals surface area contributed by atoms with Gasteiger partial charge in [-0.15, -0.1) is 0 Å². The highest BCUT2D eigenvalue weighted by molar-refractivity contribution is 5.93. The Kier molecular flexibility index (Phi) is 2.85. The van der Waals surface area contributed by atoms with Gasteiger partial charge in [-0.05, 0) is 25.3 Å². The summed E-state index contributed by atoms with van der Waals surface area (Å²) in [6.45, 7) is 2.02. The summed E-state index contributed by atoms with van der Waals surface area (Å²) in [6.07, 6.45) is 7.20. The smallest absolute Gasteiger partial charge is 0.182 e. The summed E-state index contributed by atoms with van der Waals surface area (Å²) < 4.78 is 12.3. The first kappa shape index (κ1) is 13.2. The van der Waals surface area contributed by atoms with Gasteiger partial charge in [0.1, 0.15) is 12.2 Å². The van der Waals surface area contributed by atoms with Gasteiger partial charge in [0.15, 0.2) is 11.6 Å². The van der Waals surface area contributed by atoms with Crippen LogP contribution in [0.4, 0.5) is 0 Å². The molecule has 2 saturated heterocycles. The maximum atomic E-state index is 12.7. The summed E-state index contributed by atoms with van der Waals surface area (Å²) in [5, 5.41) is 0. The molecule has 2 bridgehead atoms. The van der Waals surface area contributed by atoms with E-state index >= 15 is 0 Å². The second-order valence-corrected chi connectivity index (χ2v) is 6.55. The minimum atomic E-state index is -0.668. The first-order valence-corrected chi connectivity index (χ1v) is 7.78. The Morgan fingerprint density at radius 3 is 2.71 bits per heavy atom. The molecule has 0 unspecified atom stereocenters. The lowest BCUT2D eigenvalue weighted by Crippen LogP contribution is -2.54. The van der Waals surface area contributed by atoms with Crippen molar-refractivity contribution in [1.82, 2.24) is 0 Å². The van der Waals surface area contributed by atoms with E-state index in [1.807, 2.05) is 49.4 Å². The van der Waals surface area contributed by atoms with E-state index in [0.29, 0.717) is 0 Å². The van der Waals surface area contributed by atoms with Crippen molar-refractivity contribution in [3.63, 3.8) is 0 Å². The number of ether oxygens (including phenoxy) is 2. The van der Waals surface area contributed by atoms with Gasteiger partial charge in [0, 0.05) is 6.42 Å². The lowest BCUT2D eigenvalue weighted by atomic mass is 9.67. The molecule has 4 atom stereocenters. The van der Waals surface area contributed by atoms with Crippen LogP contribution in [-0.4, -0.2) is 23.8 Å². The van der Waals surface area contributed by atoms with E-state index in [-0.39, 0.29) is 11.9 Å². The monoisotopic (exact) mass is 284 g/mol. The Morgan fingerprint density at radius 1 is 1.14 bits per heavy atom. The molecule has 21 heavy (non-hydrogen) atoms. The highest BCUT2D eigenvalue weighted by atomic mass is 16.8. The van der Waals surface area contributed by atoms with Gasteiger partial charge in [-0.3, -0.25) is 4.79 Å². The minimum Gasteiger partial charge on any atom is -0.338 e. The quantitative estimate of drug-likeness (QED) is 0.835. The van der Waals surface area contributed by atoms with Crippen molar-refractivity contribution in [3.8, 4) is 0 Å². The van der Waals surface area contributed by atoms with Crippen molar-refractivity contribution < 1.29 is 14.3 Å². The third-order valence-electron chi connectivity index (χ3n) is 5.30. The fraction of sp³-hybridized carbons (Fsp3) is 0.500. The molecule has 2 heterocycles. The molecule has 2 aliphatic heterocycles. The summed E-state index contributed by atoms with van der Waals surface area (Å²) in [5.41, 5.74) is 0.674. The fourth-order valence-corrected chi connectivity index (χ4v) is 4.00. The van der Waals surface area contributed by atoms with E-state index in [9.17, 15) is 4.79 Å². The number of rotatable bonds is 2. The van der Waals surface area contributed by atoms with Crippen LogP contribution >= 0.6 is 0 Å². The average Bonchev–Trinajstić information content (AvgIpc) is 2.98. The first-order chi connectivity index (χ1) is 10.1. The molecule has 3 nitrogen and oxygen atoms in total. The number of benzene rings is 1. The van der Waals surface area contributed by atoms with Gasteiger partial charge < -0.3 is 9.47 Å². The third kappa shape index (κ3) is 1.77. The van der Waals surface area contributed by atoms with Gasteiger partial charge in [0.25, 0.3) is 0 Å². The van der Waals surface area contributed by atoms with Crippen molar-refractivity contribution in [2.45, 2.75) is 50.6 Å². The Hall–Kier alpha value is -1.45. The number of ketones is 1. The SMILES string of the molecule is C[C@]12CCCC[C@]13O[C@@H](/C=C/c1ccccc1)[C@@H](O3)C2=O. The van der Waals surface area contributed by atoms with Crippen LogP contribution < -0.4 is 0 Å². The molecule has 0 N–H and O–H groups in total. The molecule has 1 aromatic rings. The van der Waals surface area contributed by atoms with Gasteiger partial charge in [0.2, 0.25) is 0 Å². The molecule has 3 fully saturated rings. The highest BCUT2D eigenvalue weighted by Gasteiger charge is 2.71. The van der Waals surface area contributed by atoms with Crippen molar-refractivity contribution in [2.24, 2.45) is 5.41 Å². The van der Waals surface area contributed by atoms with Crippen LogP contribution in [-0.2, 0) is 14.3 Å². The Bertz CT molecular complexity index is 594. The predicted octanol–water partition coefficient (Wildman–Crippen LogP) is 3.34. The van der Waals surface area contributed by atoms with E-state index in [4.69, 9.17) is 9.47 Å². The van der Waals surface area contributed by atoms with Crippen molar-refractivity contribution in [3.05, 3.63) is 42.0 Å². The Morgan fingerprint density at radius 2 is 1.90 bits per heavy atom. The summed E-state index contributed by atoms with van der Waals surface area (Å²) in [5.74, 6) is -0.435. The minimum absolute atomic E-state index is 0.233. The molecule has 1 saturated carbocycles. The lowest BCUT2D eigenvalue weighted by Gasteiger charge is -2.44. The summed E-state index contributed by atoms with van der Waals surface area (Å²) in [4.78, 5) is 12.7. The standard InChI is InChI=1S/C18H20O3/c1-17-11-5-6-12-18(17)20-14(15(21-18)16(17)19)10-9-13-7-3-2-4-8-13/h2-4,7-10,14-15H,5-6,11-12H2,1H3/b10-9+/t14-,15+,17+,18+/m0/s1. The number of carbonyl (C=O) groups is 1. The third-order valence-corrected chi connectivity index (χ3v) is 5.30. The molecule has 3 heteroatoms. The van der Waals surface area contributed by atoms with Crippen molar-refractivity contribution >= 4 is 11.9 Å². The average molecular weight is 284 g/mol. The maximum absolute atomic E-state index is 12.7. The van der Waals surface area contributed by atoms with Gasteiger partial charge in [-0.2, -0.15) is 0 Å². The number of hydrogen-bond donors (Lipinski definition) is 0. The zero-order valence-electron chi connectivity index (χ0n) is 12.2. The van der Waals surface area contributed by atoms with Crippen LogP contribution in [0, 0.1) is 5.41 Å². The molecule has 4 rings (SSSR count). The molecule has 3 aliphatic rings. The molecular weight excluding hydrogens is 264 g/mol. The van der Waals surface area contributed by atoms with E-state index < -0.39 is 17.3 Å². The second kappa shape index (κ2) is 4.52. The first-order valence-electron chi connectivity index (χ1n) is 7.78. The molecule has 0 radical (unpaired) electrons. The van der Waals surface area contributed by atoms with Crippen LogP contribution in [0.5, 0.6) is 0 Å². The predicted molar refractivity (Wildman–Crippen MR) is 79.5 cm³/mol. The normalized spacial score (nSPS) is 41.7. The molecular formula is C18H20O3. The number of Topliss-reactive ketones (excluding diaryl/α,β-unsaturated/α-hetero) is 1. The Balaban J connectivity index is 1.59. The van der Waals surface area contributed by atoms with E-state index in [0.717, 1.165) is 31.2 Å². The van der Waals surface area contributed by atoms with Crippen LogP contribution in [0.2, 0.25) is 0 Å². The summed E-state index contributed by atoms with van der Waals surface area (Å²) >= 11 is 0. The zero-order chi connectivity index (χ0) is 14.5. The van der Waals surface area contributed by atoms with Crippen molar-refractivity contribution in [1.29, 1.82) is 0 Å². The Labute approximate surface area is 124 Å². The topological polar surface area (TPSA) is 35.5 Å². The van der Waals surface area contributed by atoms with Gasteiger partial charge in [-0.25, -0.2) is 0 Å². The van der Waals surface area contributed by atoms with Gasteiger partial charge >= 0.3 is 0 Å². The fourth-order valence-electron chi connectivity index (χ4n) is 4.00. The number of hydrogen-bond acceptors (Lipinski definition) is 3. The second-order valence-electron chi connectivity index (χ2n) is 6.55. The summed E-state index contributed by atoms with van der Waals surface area (Å²) in [7, 11) is 0. The van der Waals surface area contributed by atoms with Crippen LogP contribution in [0.3, 0.4) is 0 Å². The van der Waals surface area contributed by atoms with Gasteiger partial charge in [0.05, 0.1) is 5.41 Å². The highest BCUT2D eigenvalue weighted by Crippen LogP contribution is 2.59. The maximum Gasteiger partial charge on any atom is 0.182 e. The number of carbonyl (C=O) groups excluding carboxylic acids is 1. The number of fused-ring (bicyclic) bond motifs is 1. The molecule has 0 amide bonds. The zero-order valence-corrected chi connectivity index (χ0v) is 12.2. The van der Waals surface area contributed by atoms with E-state index in [1.165, 1.54) is 0 Å².